The van der Waals surface area contributed by atoms with Gasteiger partial charge in [0.05, 0.1) is 0 Å². The van der Waals surface area contributed by atoms with Crippen LogP contribution in [0.15, 0.2) is 30.3 Å². The molecule has 4 heteroatoms. The number of rotatable bonds is 4. The molecule has 0 saturated heterocycles. The number of carbonyl (C=O) groups excluding carboxylic acids is 2. The van der Waals surface area contributed by atoms with E-state index in [1.807, 2.05) is 25.1 Å². The number of aryl methyl sites for hydroxylation is 3. The number of esters is 1. The molecular formula is C18H18O3S. The summed E-state index contributed by atoms with van der Waals surface area (Å²) in [5.74, 6) is -0.565. The lowest BCUT2D eigenvalue weighted by atomic mass is 10.1. The molecule has 0 radical (unpaired) electrons. The molecule has 0 fully saturated rings. The summed E-state index contributed by atoms with van der Waals surface area (Å²) in [5.41, 5.74) is 2.92. The van der Waals surface area contributed by atoms with E-state index in [-0.39, 0.29) is 5.78 Å². The monoisotopic (exact) mass is 314 g/mol. The normalized spacial score (nSPS) is 14.5. The fourth-order valence-corrected chi connectivity index (χ4v) is 3.79. The second-order valence-electron chi connectivity index (χ2n) is 5.69. The van der Waals surface area contributed by atoms with Crippen LogP contribution < -0.4 is 0 Å². The molecule has 1 aromatic carbocycles. The Labute approximate surface area is 133 Å². The van der Waals surface area contributed by atoms with E-state index < -0.39 is 12.1 Å². The second-order valence-corrected chi connectivity index (χ2v) is 6.83. The van der Waals surface area contributed by atoms with Gasteiger partial charge in [-0.1, -0.05) is 29.8 Å². The molecule has 0 bridgehead atoms. The van der Waals surface area contributed by atoms with Crippen LogP contribution >= 0.6 is 11.3 Å². The molecule has 1 aliphatic carbocycles. The topological polar surface area (TPSA) is 43.4 Å². The third-order valence-corrected chi connectivity index (χ3v) is 5.15. The molecule has 1 atom stereocenters. The Bertz CT molecular complexity index is 691. The molecule has 0 aliphatic heterocycles. The smallest absolute Gasteiger partial charge is 0.349 e. The van der Waals surface area contributed by atoms with E-state index in [4.69, 9.17) is 4.74 Å². The molecule has 1 aromatic heterocycles. The number of hydrogen-bond acceptors (Lipinski definition) is 4. The molecule has 0 amide bonds. The molecule has 0 N–H and O–H groups in total. The van der Waals surface area contributed by atoms with Crippen LogP contribution in [0.25, 0.3) is 0 Å². The minimum Gasteiger partial charge on any atom is -0.450 e. The van der Waals surface area contributed by atoms with Crippen molar-refractivity contribution in [2.75, 3.05) is 0 Å². The highest BCUT2D eigenvalue weighted by atomic mass is 32.1. The standard InChI is InChI=1S/C18H18O3S/c1-11-6-8-13(9-7-11)17(19)12(2)21-18(20)16-10-14-4-3-5-15(14)22-16/h6-10,12H,3-5H2,1-2H3/t12-/m1/s1. The van der Waals surface area contributed by atoms with E-state index in [0.29, 0.717) is 10.4 Å². The summed E-state index contributed by atoms with van der Waals surface area (Å²) in [4.78, 5) is 26.4. The molecule has 3 nitrogen and oxygen atoms in total. The first-order chi connectivity index (χ1) is 10.5. The zero-order valence-electron chi connectivity index (χ0n) is 12.7. The lowest BCUT2D eigenvalue weighted by Gasteiger charge is -2.11. The first-order valence-electron chi connectivity index (χ1n) is 7.48. The van der Waals surface area contributed by atoms with E-state index in [2.05, 4.69) is 0 Å². The van der Waals surface area contributed by atoms with Crippen molar-refractivity contribution in [3.63, 3.8) is 0 Å². The Morgan fingerprint density at radius 2 is 1.91 bits per heavy atom. The summed E-state index contributed by atoms with van der Waals surface area (Å²) in [6.07, 6.45) is 2.48. The third kappa shape index (κ3) is 2.97. The number of thiophene rings is 1. The minimum absolute atomic E-state index is 0.169. The maximum atomic E-state index is 12.3. The third-order valence-electron chi connectivity index (χ3n) is 3.94. The van der Waals surface area contributed by atoms with Crippen molar-refractivity contribution in [3.05, 3.63) is 56.8 Å². The Morgan fingerprint density at radius 1 is 1.18 bits per heavy atom. The highest BCUT2D eigenvalue weighted by molar-refractivity contribution is 7.14. The van der Waals surface area contributed by atoms with Gasteiger partial charge < -0.3 is 4.74 Å². The van der Waals surface area contributed by atoms with Crippen molar-refractivity contribution in [2.24, 2.45) is 0 Å². The predicted molar refractivity (Wildman–Crippen MR) is 86.7 cm³/mol. The number of ketones is 1. The molecule has 1 aliphatic rings. The molecule has 114 valence electrons. The average molecular weight is 314 g/mol. The highest BCUT2D eigenvalue weighted by Gasteiger charge is 2.23. The first-order valence-corrected chi connectivity index (χ1v) is 8.29. The number of Topliss-reactive ketones (excluding diaryl/α,β-unsaturated/α-hetero) is 1. The van der Waals surface area contributed by atoms with Crippen LogP contribution in [0, 0.1) is 6.92 Å². The number of fused-ring (bicyclic) bond motifs is 1. The van der Waals surface area contributed by atoms with Crippen molar-refractivity contribution >= 4 is 23.1 Å². The van der Waals surface area contributed by atoms with Gasteiger partial charge in [0.1, 0.15) is 4.88 Å². The van der Waals surface area contributed by atoms with Gasteiger partial charge in [0, 0.05) is 10.4 Å². The first kappa shape index (κ1) is 15.0. The zero-order chi connectivity index (χ0) is 15.7. The van der Waals surface area contributed by atoms with E-state index in [0.717, 1.165) is 18.4 Å². The molecular weight excluding hydrogens is 296 g/mol. The fraction of sp³-hybridized carbons (Fsp3) is 0.333. The Kier molecular flexibility index (Phi) is 4.12. The number of hydrogen-bond donors (Lipinski definition) is 0. The largest absolute Gasteiger partial charge is 0.450 e. The predicted octanol–water partition coefficient (Wildman–Crippen LogP) is 3.97. The van der Waals surface area contributed by atoms with Gasteiger partial charge >= 0.3 is 5.97 Å². The maximum absolute atomic E-state index is 12.3. The maximum Gasteiger partial charge on any atom is 0.349 e. The van der Waals surface area contributed by atoms with Gasteiger partial charge in [-0.15, -0.1) is 11.3 Å². The Hall–Kier alpha value is -1.94. The van der Waals surface area contributed by atoms with E-state index in [9.17, 15) is 9.59 Å². The lowest BCUT2D eigenvalue weighted by Crippen LogP contribution is -2.24. The van der Waals surface area contributed by atoms with Crippen molar-refractivity contribution in [3.8, 4) is 0 Å². The molecule has 1 heterocycles. The van der Waals surface area contributed by atoms with Crippen LogP contribution in [0.1, 0.15) is 49.4 Å². The minimum atomic E-state index is -0.771. The SMILES string of the molecule is Cc1ccc(C(=O)[C@@H](C)OC(=O)c2cc3c(s2)CCC3)cc1. The van der Waals surface area contributed by atoms with Gasteiger partial charge in [-0.2, -0.15) is 0 Å². The molecule has 0 spiro atoms. The van der Waals surface area contributed by atoms with Gasteiger partial charge in [0.2, 0.25) is 5.78 Å². The summed E-state index contributed by atoms with van der Waals surface area (Å²) in [5, 5.41) is 0. The van der Waals surface area contributed by atoms with Crippen LogP contribution in [0.4, 0.5) is 0 Å². The van der Waals surface area contributed by atoms with Gasteiger partial charge in [0.25, 0.3) is 0 Å². The van der Waals surface area contributed by atoms with E-state index in [1.54, 1.807) is 19.1 Å². The quantitative estimate of drug-likeness (QED) is 0.633. The number of ether oxygens (including phenoxy) is 1. The van der Waals surface area contributed by atoms with Crippen molar-refractivity contribution in [1.29, 1.82) is 0 Å². The molecule has 0 saturated carbocycles. The number of carbonyl (C=O) groups is 2. The van der Waals surface area contributed by atoms with E-state index in [1.165, 1.54) is 28.2 Å². The van der Waals surface area contributed by atoms with Crippen LogP contribution in [-0.2, 0) is 17.6 Å². The molecule has 0 unspecified atom stereocenters. The zero-order valence-corrected chi connectivity index (χ0v) is 13.5. The van der Waals surface area contributed by atoms with Crippen LogP contribution in [0.5, 0.6) is 0 Å². The van der Waals surface area contributed by atoms with Crippen LogP contribution in [-0.4, -0.2) is 17.9 Å². The molecule has 3 rings (SSSR count). The number of benzene rings is 1. The van der Waals surface area contributed by atoms with Crippen molar-refractivity contribution < 1.29 is 14.3 Å². The second kappa shape index (κ2) is 6.05. The van der Waals surface area contributed by atoms with Crippen molar-refractivity contribution in [1.82, 2.24) is 0 Å². The summed E-state index contributed by atoms with van der Waals surface area (Å²) in [6.45, 7) is 3.59. The molecule has 22 heavy (non-hydrogen) atoms. The fourth-order valence-electron chi connectivity index (χ4n) is 2.65. The summed E-state index contributed by atoms with van der Waals surface area (Å²) < 4.78 is 5.34. The van der Waals surface area contributed by atoms with Gasteiger partial charge in [-0.25, -0.2) is 4.79 Å². The van der Waals surface area contributed by atoms with Gasteiger partial charge in [0.15, 0.2) is 6.10 Å². The van der Waals surface area contributed by atoms with Crippen LogP contribution in [0.2, 0.25) is 0 Å². The average Bonchev–Trinajstić information content (AvgIpc) is 3.08. The summed E-state index contributed by atoms with van der Waals surface area (Å²) in [6, 6.07) is 9.21. The van der Waals surface area contributed by atoms with Gasteiger partial charge in [-0.05, 0) is 44.7 Å². The molecule has 2 aromatic rings. The summed E-state index contributed by atoms with van der Waals surface area (Å²) >= 11 is 1.50. The Balaban J connectivity index is 1.67. The summed E-state index contributed by atoms with van der Waals surface area (Å²) in [7, 11) is 0. The highest BCUT2D eigenvalue weighted by Crippen LogP contribution is 2.31. The van der Waals surface area contributed by atoms with Crippen LogP contribution in [0.3, 0.4) is 0 Å². The van der Waals surface area contributed by atoms with E-state index >= 15 is 0 Å². The van der Waals surface area contributed by atoms with Crippen molar-refractivity contribution in [2.45, 2.75) is 39.2 Å². The Morgan fingerprint density at radius 3 is 2.59 bits per heavy atom. The lowest BCUT2D eigenvalue weighted by molar-refractivity contribution is 0.0323. The van der Waals surface area contributed by atoms with Gasteiger partial charge in [-0.3, -0.25) is 4.79 Å².